The van der Waals surface area contributed by atoms with Gasteiger partial charge < -0.3 is 10.1 Å². The van der Waals surface area contributed by atoms with Crippen LogP contribution in [0, 0.1) is 10.1 Å². The first-order valence-electron chi connectivity index (χ1n) is 8.22. The summed E-state index contributed by atoms with van der Waals surface area (Å²) >= 11 is 0. The van der Waals surface area contributed by atoms with Gasteiger partial charge in [-0.05, 0) is 31.9 Å². The Morgan fingerprint density at radius 2 is 1.96 bits per heavy atom. The molecule has 142 valence electrons. The van der Waals surface area contributed by atoms with E-state index in [0.29, 0.717) is 0 Å². The smallest absolute Gasteiger partial charge is 0.321 e. The number of ether oxygens (including phenoxy) is 1. The Bertz CT molecular complexity index is 814. The monoisotopic (exact) mass is 384 g/mol. The van der Waals surface area contributed by atoms with Gasteiger partial charge in [-0.25, -0.2) is 8.42 Å². The topological polar surface area (TPSA) is 133 Å². The Labute approximate surface area is 150 Å². The number of nitrogens with one attached hydrogen (secondary N) is 1. The van der Waals surface area contributed by atoms with Crippen LogP contribution < -0.4 is 5.32 Å². The van der Waals surface area contributed by atoms with E-state index in [-0.39, 0.29) is 18.2 Å². The van der Waals surface area contributed by atoms with Gasteiger partial charge in [-0.15, -0.1) is 0 Å². The van der Waals surface area contributed by atoms with Crippen molar-refractivity contribution in [2.75, 3.05) is 12.4 Å². The van der Waals surface area contributed by atoms with Crippen LogP contribution in [0.1, 0.15) is 43.0 Å². The van der Waals surface area contributed by atoms with E-state index in [9.17, 15) is 28.1 Å². The van der Waals surface area contributed by atoms with Gasteiger partial charge in [-0.3, -0.25) is 19.7 Å². The molecule has 1 aliphatic carbocycles. The summed E-state index contributed by atoms with van der Waals surface area (Å²) in [5.74, 6) is -2.49. The molecule has 1 aliphatic rings. The Balaban J connectivity index is 2.29. The van der Waals surface area contributed by atoms with Crippen molar-refractivity contribution < 1.29 is 27.7 Å². The summed E-state index contributed by atoms with van der Waals surface area (Å²) in [6.07, 6.45) is 3.71. The summed E-state index contributed by atoms with van der Waals surface area (Å²) < 4.78 is 29.2. The third-order valence-electron chi connectivity index (χ3n) is 4.06. The van der Waals surface area contributed by atoms with E-state index in [2.05, 4.69) is 10.1 Å². The van der Waals surface area contributed by atoms with E-state index >= 15 is 0 Å². The highest BCUT2D eigenvalue weighted by atomic mass is 32.2. The average Bonchev–Trinajstić information content (AvgIpc) is 3.06. The maximum atomic E-state index is 12.3. The van der Waals surface area contributed by atoms with Crippen LogP contribution in [0.15, 0.2) is 23.1 Å². The number of carbonyl (C=O) groups excluding carboxylic acids is 2. The third kappa shape index (κ3) is 4.78. The minimum atomic E-state index is -4.27. The fraction of sp³-hybridized carbons (Fsp3) is 0.500. The van der Waals surface area contributed by atoms with E-state index in [1.807, 2.05) is 0 Å². The molecule has 0 bridgehead atoms. The summed E-state index contributed by atoms with van der Waals surface area (Å²) in [5.41, 5.74) is -0.743. The number of rotatable bonds is 7. The second-order valence-corrected chi connectivity index (χ2v) is 7.92. The predicted molar refractivity (Wildman–Crippen MR) is 91.5 cm³/mol. The van der Waals surface area contributed by atoms with E-state index in [1.54, 1.807) is 0 Å². The van der Waals surface area contributed by atoms with Crippen LogP contribution in [0.25, 0.3) is 0 Å². The fourth-order valence-electron chi connectivity index (χ4n) is 2.84. The number of carbonyl (C=O) groups is 2. The Morgan fingerprint density at radius 1 is 1.31 bits per heavy atom. The maximum Gasteiger partial charge on any atom is 0.321 e. The molecule has 1 amide bonds. The molecule has 1 aromatic rings. The van der Waals surface area contributed by atoms with Crippen molar-refractivity contribution in [1.29, 1.82) is 0 Å². The molecule has 9 nitrogen and oxygen atoms in total. The highest BCUT2D eigenvalue weighted by Crippen LogP contribution is 2.27. The van der Waals surface area contributed by atoms with E-state index in [0.717, 1.165) is 37.8 Å². The molecule has 1 saturated carbocycles. The van der Waals surface area contributed by atoms with Crippen molar-refractivity contribution in [2.45, 2.75) is 43.5 Å². The summed E-state index contributed by atoms with van der Waals surface area (Å²) in [5, 5.41) is 14.1. The van der Waals surface area contributed by atoms with Crippen LogP contribution in [0.2, 0.25) is 0 Å². The maximum absolute atomic E-state index is 12.3. The molecule has 0 aliphatic heterocycles. The van der Waals surface area contributed by atoms with Crippen molar-refractivity contribution in [2.24, 2.45) is 0 Å². The lowest BCUT2D eigenvalue weighted by atomic mass is 10.1. The number of nitro groups is 1. The highest BCUT2D eigenvalue weighted by Gasteiger charge is 2.30. The number of hydrogen-bond acceptors (Lipinski definition) is 7. The lowest BCUT2D eigenvalue weighted by Crippen LogP contribution is -2.32. The van der Waals surface area contributed by atoms with Crippen molar-refractivity contribution in [3.63, 3.8) is 0 Å². The number of amides is 1. The molecule has 0 atom stereocenters. The summed E-state index contributed by atoms with van der Waals surface area (Å²) in [6, 6.07) is 3.13. The number of benzene rings is 1. The molecule has 0 aromatic heterocycles. The molecule has 1 aromatic carbocycles. The first-order chi connectivity index (χ1) is 12.2. The highest BCUT2D eigenvalue weighted by molar-refractivity contribution is 7.92. The van der Waals surface area contributed by atoms with Crippen LogP contribution in [0.3, 0.4) is 0 Å². The fourth-order valence-corrected chi connectivity index (χ4v) is 4.12. The standard InChI is InChI=1S/C16H20N2O7S/c1-2-25-15(19)10-26(23,24)14-8-7-11(9-13(14)18(21)22)16(20)17-12-5-3-4-6-12/h7-9,12H,2-6,10H2,1H3,(H,17,20). The molecule has 0 radical (unpaired) electrons. The molecule has 0 unspecified atom stereocenters. The molecular weight excluding hydrogens is 364 g/mol. The van der Waals surface area contributed by atoms with Crippen molar-refractivity contribution >= 4 is 27.4 Å². The van der Waals surface area contributed by atoms with Gasteiger partial charge in [0, 0.05) is 17.7 Å². The second-order valence-electron chi connectivity index (χ2n) is 5.96. The first-order valence-corrected chi connectivity index (χ1v) is 9.87. The summed E-state index contributed by atoms with van der Waals surface area (Å²) in [4.78, 5) is 33.5. The second kappa shape index (κ2) is 8.26. The van der Waals surface area contributed by atoms with Crippen molar-refractivity contribution in [3.05, 3.63) is 33.9 Å². The molecule has 2 rings (SSSR count). The number of nitro benzene ring substituents is 1. The minimum Gasteiger partial charge on any atom is -0.465 e. The van der Waals surface area contributed by atoms with Gasteiger partial charge >= 0.3 is 5.97 Å². The molecular formula is C16H20N2O7S. The summed E-state index contributed by atoms with van der Waals surface area (Å²) in [6.45, 7) is 1.52. The van der Waals surface area contributed by atoms with Crippen molar-refractivity contribution in [3.8, 4) is 0 Å². The van der Waals surface area contributed by atoms with Gasteiger partial charge in [0.25, 0.3) is 11.6 Å². The molecule has 0 spiro atoms. The Hall–Kier alpha value is -2.49. The first kappa shape index (κ1) is 19.8. The van der Waals surface area contributed by atoms with Crippen LogP contribution in [-0.4, -0.2) is 43.6 Å². The summed E-state index contributed by atoms with van der Waals surface area (Å²) in [7, 11) is -4.27. The van der Waals surface area contributed by atoms with Gasteiger partial charge in [0.05, 0.1) is 11.5 Å². The van der Waals surface area contributed by atoms with Crippen LogP contribution in [0.4, 0.5) is 5.69 Å². The molecule has 1 N–H and O–H groups in total. The Morgan fingerprint density at radius 3 is 2.54 bits per heavy atom. The number of hydrogen-bond donors (Lipinski definition) is 1. The van der Waals surface area contributed by atoms with E-state index in [4.69, 9.17) is 0 Å². The average molecular weight is 384 g/mol. The zero-order chi connectivity index (χ0) is 19.3. The van der Waals surface area contributed by atoms with Gasteiger partial charge in [0.1, 0.15) is 4.90 Å². The van der Waals surface area contributed by atoms with E-state index in [1.165, 1.54) is 13.0 Å². The lowest BCUT2D eigenvalue weighted by molar-refractivity contribution is -0.387. The van der Waals surface area contributed by atoms with Gasteiger partial charge in [0.2, 0.25) is 0 Å². The molecule has 0 heterocycles. The normalized spacial score (nSPS) is 14.8. The zero-order valence-electron chi connectivity index (χ0n) is 14.3. The number of esters is 1. The third-order valence-corrected chi connectivity index (χ3v) is 5.69. The van der Waals surface area contributed by atoms with Gasteiger partial charge in [-0.1, -0.05) is 12.8 Å². The number of sulfone groups is 1. The van der Waals surface area contributed by atoms with Gasteiger partial charge in [0.15, 0.2) is 15.6 Å². The van der Waals surface area contributed by atoms with Crippen LogP contribution in [0.5, 0.6) is 0 Å². The SMILES string of the molecule is CCOC(=O)CS(=O)(=O)c1ccc(C(=O)NC2CCCC2)cc1[N+](=O)[O-]. The van der Waals surface area contributed by atoms with Crippen molar-refractivity contribution in [1.82, 2.24) is 5.32 Å². The van der Waals surface area contributed by atoms with E-state index < -0.39 is 43.0 Å². The van der Waals surface area contributed by atoms with Crippen LogP contribution >= 0.6 is 0 Å². The lowest BCUT2D eigenvalue weighted by Gasteiger charge is -2.12. The minimum absolute atomic E-state index is 0.00122. The molecule has 26 heavy (non-hydrogen) atoms. The molecule has 10 heteroatoms. The molecule has 1 fully saturated rings. The van der Waals surface area contributed by atoms with Gasteiger partial charge in [-0.2, -0.15) is 0 Å². The van der Waals surface area contributed by atoms with Crippen LogP contribution in [-0.2, 0) is 19.4 Å². The Kier molecular flexibility index (Phi) is 6.30. The largest absolute Gasteiger partial charge is 0.465 e. The number of nitrogens with zero attached hydrogens (tertiary/aromatic N) is 1. The zero-order valence-corrected chi connectivity index (χ0v) is 15.1. The quantitative estimate of drug-likeness (QED) is 0.429. The molecule has 0 saturated heterocycles. The predicted octanol–water partition coefficient (Wildman–Crippen LogP) is 1.60.